The van der Waals surface area contributed by atoms with Crippen LogP contribution in [0.4, 0.5) is 0 Å². The zero-order valence-electron chi connectivity index (χ0n) is 18.8. The van der Waals surface area contributed by atoms with Crippen molar-refractivity contribution >= 4 is 12.9 Å². The third-order valence-electron chi connectivity index (χ3n) is 6.77. The lowest BCUT2D eigenvalue weighted by atomic mass is 9.80. The second-order valence-corrected chi connectivity index (χ2v) is 9.86. The predicted molar refractivity (Wildman–Crippen MR) is 126 cm³/mol. The fourth-order valence-electron chi connectivity index (χ4n) is 4.03. The third-order valence-corrected chi connectivity index (χ3v) is 6.77. The van der Waals surface area contributed by atoms with Gasteiger partial charge in [-0.3, -0.25) is 0 Å². The van der Waals surface area contributed by atoms with E-state index < -0.39 is 11.2 Å². The first kappa shape index (κ1) is 20.9. The zero-order valence-corrected chi connectivity index (χ0v) is 18.8. The average Bonchev–Trinajstić information content (AvgIpc) is 2.93. The van der Waals surface area contributed by atoms with Gasteiger partial charge in [-0.05, 0) is 67.1 Å². The van der Waals surface area contributed by atoms with E-state index in [1.807, 2.05) is 19.9 Å². The fraction of sp³-hybridized carbons (Fsp3) is 0.333. The molecule has 1 aliphatic carbocycles. The van der Waals surface area contributed by atoms with Gasteiger partial charge in [-0.2, -0.15) is 0 Å². The van der Waals surface area contributed by atoms with Gasteiger partial charge in [0.05, 0.1) is 11.2 Å². The van der Waals surface area contributed by atoms with Gasteiger partial charge in [-0.15, -0.1) is 0 Å². The van der Waals surface area contributed by atoms with Gasteiger partial charge in [-0.1, -0.05) is 80.0 Å². The summed E-state index contributed by atoms with van der Waals surface area (Å²) in [5, 5.41) is 10.3. The summed E-state index contributed by atoms with van der Waals surface area (Å²) >= 11 is 0. The van der Waals surface area contributed by atoms with E-state index in [1.54, 1.807) is 21.3 Å². The molecule has 0 aromatic heterocycles. The van der Waals surface area contributed by atoms with Gasteiger partial charge >= 0.3 is 7.48 Å². The lowest BCUT2D eigenvalue weighted by Crippen LogP contribution is -2.49. The zero-order chi connectivity index (χ0) is 21.7. The summed E-state index contributed by atoms with van der Waals surface area (Å²) in [6.45, 7) is 11.9. The van der Waals surface area contributed by atoms with Crippen molar-refractivity contribution in [2.45, 2.75) is 58.2 Å². The smallest absolute Gasteiger partial charge is 0.330 e. The van der Waals surface area contributed by atoms with Crippen LogP contribution >= 0.6 is 0 Å². The number of aliphatic hydroxyl groups is 1. The van der Waals surface area contributed by atoms with E-state index in [4.69, 9.17) is 4.65 Å². The van der Waals surface area contributed by atoms with Crippen LogP contribution in [0.5, 0.6) is 0 Å². The van der Waals surface area contributed by atoms with Crippen molar-refractivity contribution in [2.75, 3.05) is 0 Å². The van der Waals surface area contributed by atoms with Crippen molar-refractivity contribution in [3.63, 3.8) is 0 Å². The number of benzene rings is 3. The van der Waals surface area contributed by atoms with E-state index in [-0.39, 0.29) is 5.41 Å². The van der Waals surface area contributed by atoms with Crippen LogP contribution in [0.15, 0.2) is 66.7 Å². The molecule has 1 aliphatic rings. The molecule has 0 amide bonds. The maximum absolute atomic E-state index is 10.3. The SMILES string of the molecule is CC1(C)c2ccccc2-c2ccc(-c3cccc([B]OC(C)(C)C(C)(C)O)c3)cc21. The molecule has 0 fully saturated rings. The molecular weight excluding hydrogens is 367 g/mol. The lowest BCUT2D eigenvalue weighted by molar-refractivity contribution is -0.0893. The largest absolute Gasteiger partial charge is 0.427 e. The van der Waals surface area contributed by atoms with Crippen LogP contribution in [0.25, 0.3) is 22.3 Å². The van der Waals surface area contributed by atoms with Gasteiger partial charge < -0.3 is 9.76 Å². The van der Waals surface area contributed by atoms with E-state index in [0.29, 0.717) is 0 Å². The molecule has 0 spiro atoms. The Bertz CT molecular complexity index is 1090. The van der Waals surface area contributed by atoms with Gasteiger partial charge in [0, 0.05) is 5.41 Å². The minimum absolute atomic E-state index is 0.00842. The topological polar surface area (TPSA) is 29.5 Å². The van der Waals surface area contributed by atoms with Crippen LogP contribution in [0.2, 0.25) is 0 Å². The Labute approximate surface area is 181 Å². The highest BCUT2D eigenvalue weighted by atomic mass is 16.5. The molecule has 1 radical (unpaired) electrons. The van der Waals surface area contributed by atoms with E-state index in [2.05, 4.69) is 74.5 Å². The van der Waals surface area contributed by atoms with Crippen molar-refractivity contribution in [3.8, 4) is 22.3 Å². The quantitative estimate of drug-likeness (QED) is 0.579. The standard InChI is InChI=1S/C27H30BO2/c1-25(2)23-13-8-7-12-21(23)22-15-14-19(17-24(22)25)18-10-9-11-20(16-18)28-30-27(5,6)26(3,4)29/h7-17,29H,1-6H3. The molecule has 0 heterocycles. The van der Waals surface area contributed by atoms with Crippen molar-refractivity contribution in [3.05, 3.63) is 77.9 Å². The summed E-state index contributed by atoms with van der Waals surface area (Å²) in [4.78, 5) is 0. The van der Waals surface area contributed by atoms with Crippen LogP contribution in [0.3, 0.4) is 0 Å². The Hall–Kier alpha value is -2.36. The summed E-state index contributed by atoms with van der Waals surface area (Å²) in [6.07, 6.45) is 0. The van der Waals surface area contributed by atoms with Crippen molar-refractivity contribution in [2.24, 2.45) is 0 Å². The molecule has 0 bridgehead atoms. The maximum Gasteiger partial charge on any atom is 0.330 e. The molecule has 30 heavy (non-hydrogen) atoms. The Balaban J connectivity index is 1.64. The van der Waals surface area contributed by atoms with E-state index in [9.17, 15) is 5.11 Å². The van der Waals surface area contributed by atoms with Gasteiger partial charge in [0.2, 0.25) is 0 Å². The van der Waals surface area contributed by atoms with Gasteiger partial charge in [-0.25, -0.2) is 0 Å². The van der Waals surface area contributed by atoms with Crippen LogP contribution in [-0.4, -0.2) is 23.8 Å². The molecule has 153 valence electrons. The predicted octanol–water partition coefficient (Wildman–Crippen LogP) is 5.47. The maximum atomic E-state index is 10.3. The second-order valence-electron chi connectivity index (χ2n) is 9.86. The molecule has 4 rings (SSSR count). The minimum atomic E-state index is -0.943. The summed E-state index contributed by atoms with van der Waals surface area (Å²) in [5.74, 6) is 0. The fourth-order valence-corrected chi connectivity index (χ4v) is 4.03. The van der Waals surface area contributed by atoms with E-state index in [0.717, 1.165) is 11.0 Å². The second kappa shape index (κ2) is 7.11. The van der Waals surface area contributed by atoms with Crippen molar-refractivity contribution < 1.29 is 9.76 Å². The number of rotatable bonds is 5. The van der Waals surface area contributed by atoms with Crippen molar-refractivity contribution in [1.82, 2.24) is 0 Å². The van der Waals surface area contributed by atoms with Gasteiger partial charge in [0.15, 0.2) is 0 Å². The number of fused-ring (bicyclic) bond motifs is 3. The molecule has 0 aliphatic heterocycles. The number of hydrogen-bond acceptors (Lipinski definition) is 2. The summed E-state index contributed by atoms with van der Waals surface area (Å²) in [7, 11) is 1.74. The van der Waals surface area contributed by atoms with Crippen LogP contribution in [0, 0.1) is 0 Å². The molecule has 0 saturated heterocycles. The Morgan fingerprint density at radius 2 is 1.43 bits per heavy atom. The summed E-state index contributed by atoms with van der Waals surface area (Å²) < 4.78 is 5.95. The van der Waals surface area contributed by atoms with Gasteiger partial charge in [0.1, 0.15) is 0 Å². The molecular formula is C27H30BO2. The Kier molecular flexibility index (Phi) is 4.95. The third kappa shape index (κ3) is 3.51. The molecule has 3 aromatic rings. The normalized spacial score (nSPS) is 14.9. The van der Waals surface area contributed by atoms with E-state index in [1.165, 1.54) is 27.8 Å². The van der Waals surface area contributed by atoms with Crippen molar-refractivity contribution in [1.29, 1.82) is 0 Å². The van der Waals surface area contributed by atoms with Crippen LogP contribution < -0.4 is 5.46 Å². The molecule has 2 nitrogen and oxygen atoms in total. The first-order valence-corrected chi connectivity index (χ1v) is 10.6. The lowest BCUT2D eigenvalue weighted by Gasteiger charge is -2.37. The minimum Gasteiger partial charge on any atom is -0.427 e. The molecule has 0 unspecified atom stereocenters. The molecule has 3 aromatic carbocycles. The first-order valence-electron chi connectivity index (χ1n) is 10.6. The monoisotopic (exact) mass is 397 g/mol. The highest BCUT2D eigenvalue weighted by molar-refractivity contribution is 6.47. The highest BCUT2D eigenvalue weighted by Crippen LogP contribution is 2.49. The summed E-state index contributed by atoms with van der Waals surface area (Å²) in [6, 6.07) is 23.8. The summed E-state index contributed by atoms with van der Waals surface area (Å²) in [5.41, 5.74) is 7.13. The highest BCUT2D eigenvalue weighted by Gasteiger charge is 2.36. The molecule has 0 atom stereocenters. The number of hydrogen-bond donors (Lipinski definition) is 1. The molecule has 0 saturated carbocycles. The molecule has 3 heteroatoms. The Morgan fingerprint density at radius 1 is 0.767 bits per heavy atom. The van der Waals surface area contributed by atoms with Gasteiger partial charge in [0.25, 0.3) is 0 Å². The Morgan fingerprint density at radius 3 is 2.17 bits per heavy atom. The molecule has 1 N–H and O–H groups in total. The van der Waals surface area contributed by atoms with Crippen LogP contribution in [0.1, 0.15) is 52.7 Å². The van der Waals surface area contributed by atoms with Crippen LogP contribution in [-0.2, 0) is 10.1 Å². The average molecular weight is 397 g/mol. The first-order chi connectivity index (χ1) is 14.0. The van der Waals surface area contributed by atoms with E-state index >= 15 is 0 Å².